The van der Waals surface area contributed by atoms with E-state index in [0.717, 1.165) is 0 Å². The van der Waals surface area contributed by atoms with Crippen molar-refractivity contribution in [2.24, 2.45) is 0 Å². The molecule has 188 valence electrons. The number of benzene rings is 2. The summed E-state index contributed by atoms with van der Waals surface area (Å²) in [7, 11) is 3.05. The summed E-state index contributed by atoms with van der Waals surface area (Å²) in [6, 6.07) is 8.55. The number of hydrogen-bond donors (Lipinski definition) is 4. The second-order valence-corrected chi connectivity index (χ2v) is 8.56. The number of nitrogens with one attached hydrogen (secondary N) is 2. The third-order valence-electron chi connectivity index (χ3n) is 5.93. The summed E-state index contributed by atoms with van der Waals surface area (Å²) in [6.07, 6.45) is 0.405. The summed E-state index contributed by atoms with van der Waals surface area (Å²) in [5, 5.41) is 15.1. The van der Waals surface area contributed by atoms with Crippen molar-refractivity contribution in [1.82, 2.24) is 15.5 Å². The number of methoxy groups -OCH3 is 2. The smallest absolute Gasteiger partial charge is 0.335 e. The maximum absolute atomic E-state index is 12.9. The molecule has 3 rings (SSSR count). The molecule has 0 unspecified atom stereocenters. The largest absolute Gasteiger partial charge is 0.496 e. The van der Waals surface area contributed by atoms with E-state index in [4.69, 9.17) is 31.9 Å². The highest BCUT2D eigenvalue weighted by molar-refractivity contribution is 6.33. The Morgan fingerprint density at radius 2 is 1.83 bits per heavy atom. The van der Waals surface area contributed by atoms with Crippen molar-refractivity contribution >= 4 is 35.1 Å². The number of nitrogens with two attached hydrogens (primary N) is 1. The number of ether oxygens (including phenoxy) is 2. The lowest BCUT2D eigenvalue weighted by atomic mass is 10.0. The van der Waals surface area contributed by atoms with E-state index in [2.05, 4.69) is 15.5 Å². The van der Waals surface area contributed by atoms with E-state index >= 15 is 0 Å². The van der Waals surface area contributed by atoms with Crippen LogP contribution in [0.5, 0.6) is 5.75 Å². The number of aromatic carboxylic acids is 1. The summed E-state index contributed by atoms with van der Waals surface area (Å²) in [4.78, 5) is 38.3. The molecule has 35 heavy (non-hydrogen) atoms. The van der Waals surface area contributed by atoms with Crippen LogP contribution in [0.4, 0.5) is 5.69 Å². The van der Waals surface area contributed by atoms with Gasteiger partial charge in [-0.15, -0.1) is 0 Å². The third kappa shape index (κ3) is 6.62. The predicted octanol–water partition coefficient (Wildman–Crippen LogP) is 1.88. The number of carboxylic acids is 1. The Kier molecular flexibility index (Phi) is 8.91. The van der Waals surface area contributed by atoms with Crippen LogP contribution in [0.25, 0.3) is 0 Å². The monoisotopic (exact) mass is 504 g/mol. The van der Waals surface area contributed by atoms with Gasteiger partial charge in [0.05, 0.1) is 41.1 Å². The molecule has 2 aromatic carbocycles. The van der Waals surface area contributed by atoms with Crippen LogP contribution >= 0.6 is 11.6 Å². The van der Waals surface area contributed by atoms with Gasteiger partial charge in [0.25, 0.3) is 11.8 Å². The molecule has 1 aliphatic heterocycles. The Morgan fingerprint density at radius 1 is 1.14 bits per heavy atom. The number of carbonyl (C=O) groups excluding carboxylic acids is 2. The molecule has 0 bridgehead atoms. The van der Waals surface area contributed by atoms with Crippen LogP contribution in [0.15, 0.2) is 36.4 Å². The molecular weight excluding hydrogens is 476 g/mol. The van der Waals surface area contributed by atoms with Crippen LogP contribution in [0.1, 0.15) is 37.5 Å². The van der Waals surface area contributed by atoms with Gasteiger partial charge in [0.15, 0.2) is 0 Å². The van der Waals surface area contributed by atoms with Crippen LogP contribution < -0.4 is 21.1 Å². The second kappa shape index (κ2) is 11.9. The Hall–Kier alpha value is -3.34. The number of likely N-dealkylation sites (tertiary alicyclic amines) is 1. The summed E-state index contributed by atoms with van der Waals surface area (Å²) < 4.78 is 10.9. The van der Waals surface area contributed by atoms with E-state index in [1.54, 1.807) is 7.11 Å². The minimum Gasteiger partial charge on any atom is -0.496 e. The average molecular weight is 505 g/mol. The fraction of sp³-hybridized carbons (Fsp3) is 0.375. The Bertz CT molecular complexity index is 1080. The second-order valence-electron chi connectivity index (χ2n) is 8.16. The fourth-order valence-electron chi connectivity index (χ4n) is 3.94. The van der Waals surface area contributed by atoms with E-state index in [0.29, 0.717) is 55.2 Å². The number of hydrogen-bond acceptors (Lipinski definition) is 7. The zero-order chi connectivity index (χ0) is 25.5. The number of nitrogens with zero attached hydrogens (tertiary/aromatic N) is 1. The Balaban J connectivity index is 1.51. The SMILES string of the molecule is COc1cc(N)c(Cl)cc1C(=O)N[C@@H]1CCN(CCNC(=O)c2ccc(C(=O)O)cc2)C[C@@H]1OC. The standard InChI is InChI=1S/C24H29ClN4O6/c1-34-20-12-18(26)17(25)11-16(20)23(31)28-19-7-9-29(13-21(19)35-2)10-8-27-22(30)14-3-5-15(6-4-14)24(32)33/h3-6,11-12,19,21H,7-10,13,26H2,1-2H3,(H,27,30)(H,28,31)(H,32,33)/t19-,21+/m1/s1. The Labute approximate surface area is 208 Å². The average Bonchev–Trinajstić information content (AvgIpc) is 2.85. The number of rotatable bonds is 9. The number of anilines is 1. The minimum absolute atomic E-state index is 0.125. The molecule has 2 amide bonds. The maximum Gasteiger partial charge on any atom is 0.335 e. The highest BCUT2D eigenvalue weighted by Crippen LogP contribution is 2.29. The van der Waals surface area contributed by atoms with E-state index < -0.39 is 5.97 Å². The number of piperidine rings is 1. The van der Waals surface area contributed by atoms with Gasteiger partial charge >= 0.3 is 5.97 Å². The first-order valence-electron chi connectivity index (χ1n) is 11.0. The van der Waals surface area contributed by atoms with Crippen LogP contribution in [-0.2, 0) is 4.74 Å². The highest BCUT2D eigenvalue weighted by Gasteiger charge is 2.31. The molecule has 1 heterocycles. The molecule has 0 aromatic heterocycles. The van der Waals surface area contributed by atoms with Crippen molar-refractivity contribution in [2.75, 3.05) is 46.1 Å². The molecule has 1 fully saturated rings. The van der Waals surface area contributed by atoms with Gasteiger partial charge in [-0.1, -0.05) is 11.6 Å². The lowest BCUT2D eigenvalue weighted by molar-refractivity contribution is 0.00682. The summed E-state index contributed by atoms with van der Waals surface area (Å²) in [6.45, 7) is 2.28. The number of carbonyl (C=O) groups is 3. The normalized spacial score (nSPS) is 18.0. The van der Waals surface area contributed by atoms with Crippen molar-refractivity contribution < 1.29 is 29.0 Å². The quantitative estimate of drug-likeness (QED) is 0.379. The predicted molar refractivity (Wildman–Crippen MR) is 131 cm³/mol. The van der Waals surface area contributed by atoms with Crippen molar-refractivity contribution in [2.45, 2.75) is 18.6 Å². The highest BCUT2D eigenvalue weighted by atomic mass is 35.5. The molecule has 0 saturated carbocycles. The molecule has 0 radical (unpaired) electrons. The van der Waals surface area contributed by atoms with Gasteiger partial charge < -0.3 is 30.9 Å². The minimum atomic E-state index is -1.04. The summed E-state index contributed by atoms with van der Waals surface area (Å²) in [5.74, 6) is -1.31. The number of nitrogen functional groups attached to an aromatic ring is 1. The van der Waals surface area contributed by atoms with Crippen LogP contribution in [-0.4, -0.2) is 80.3 Å². The van der Waals surface area contributed by atoms with E-state index in [-0.39, 0.29) is 34.5 Å². The first-order chi connectivity index (χ1) is 16.7. The third-order valence-corrected chi connectivity index (χ3v) is 6.26. The molecule has 11 heteroatoms. The maximum atomic E-state index is 12.9. The lowest BCUT2D eigenvalue weighted by Gasteiger charge is -2.38. The molecule has 0 spiro atoms. The Morgan fingerprint density at radius 3 is 2.46 bits per heavy atom. The summed E-state index contributed by atoms with van der Waals surface area (Å²) in [5.41, 5.74) is 6.94. The van der Waals surface area contributed by atoms with Crippen LogP contribution in [0.2, 0.25) is 5.02 Å². The molecular formula is C24H29ClN4O6. The molecule has 10 nitrogen and oxygen atoms in total. The van der Waals surface area contributed by atoms with Crippen molar-refractivity contribution in [1.29, 1.82) is 0 Å². The zero-order valence-electron chi connectivity index (χ0n) is 19.5. The van der Waals surface area contributed by atoms with Crippen molar-refractivity contribution in [3.8, 4) is 5.75 Å². The molecule has 2 atom stereocenters. The fourth-order valence-corrected chi connectivity index (χ4v) is 4.11. The summed E-state index contributed by atoms with van der Waals surface area (Å²) >= 11 is 6.09. The van der Waals surface area contributed by atoms with Gasteiger partial charge in [-0.3, -0.25) is 14.5 Å². The van der Waals surface area contributed by atoms with Crippen LogP contribution in [0, 0.1) is 0 Å². The molecule has 1 aliphatic rings. The van der Waals surface area contributed by atoms with Crippen molar-refractivity contribution in [3.05, 3.63) is 58.1 Å². The van der Waals surface area contributed by atoms with Gasteiger partial charge in [-0.05, 0) is 36.8 Å². The van der Waals surface area contributed by atoms with Crippen molar-refractivity contribution in [3.63, 3.8) is 0 Å². The zero-order valence-corrected chi connectivity index (χ0v) is 20.3. The number of carboxylic acid groups (broad SMARTS) is 1. The van der Waals surface area contributed by atoms with Gasteiger partial charge in [-0.25, -0.2) is 4.79 Å². The van der Waals surface area contributed by atoms with Gasteiger partial charge in [-0.2, -0.15) is 0 Å². The number of halogens is 1. The van der Waals surface area contributed by atoms with Gasteiger partial charge in [0.2, 0.25) is 0 Å². The lowest BCUT2D eigenvalue weighted by Crippen LogP contribution is -2.55. The van der Waals surface area contributed by atoms with E-state index in [9.17, 15) is 14.4 Å². The molecule has 1 saturated heterocycles. The van der Waals surface area contributed by atoms with Gasteiger partial charge in [0.1, 0.15) is 5.75 Å². The number of amides is 2. The van der Waals surface area contributed by atoms with Gasteiger partial charge in [0, 0.05) is 44.9 Å². The first-order valence-corrected chi connectivity index (χ1v) is 11.4. The molecule has 5 N–H and O–H groups in total. The van der Waals surface area contributed by atoms with Crippen LogP contribution in [0.3, 0.4) is 0 Å². The first kappa shape index (κ1) is 26.3. The van der Waals surface area contributed by atoms with E-state index in [1.165, 1.54) is 43.5 Å². The molecule has 0 aliphatic carbocycles. The molecule has 2 aromatic rings. The van der Waals surface area contributed by atoms with E-state index in [1.807, 2.05) is 0 Å². The topological polar surface area (TPSA) is 143 Å².